The van der Waals surface area contributed by atoms with Crippen molar-refractivity contribution >= 4 is 11.9 Å². The average Bonchev–Trinajstić information content (AvgIpc) is 2.50. The van der Waals surface area contributed by atoms with Crippen molar-refractivity contribution in [3.05, 3.63) is 11.6 Å². The molecule has 0 unspecified atom stereocenters. The molecule has 0 fully saturated rings. The van der Waals surface area contributed by atoms with Gasteiger partial charge in [0.05, 0.1) is 11.8 Å². The molecule has 0 saturated heterocycles. The molecule has 0 saturated carbocycles. The van der Waals surface area contributed by atoms with Gasteiger partial charge in [0.2, 0.25) is 0 Å². The molecule has 0 spiro atoms. The predicted octanol–water partition coefficient (Wildman–Crippen LogP) is 3.11. The Morgan fingerprint density at radius 3 is 1.95 bits per heavy atom. The number of carbonyl (C=O) groups is 2. The van der Waals surface area contributed by atoms with Crippen LogP contribution in [-0.2, 0) is 19.1 Å². The highest BCUT2D eigenvalue weighted by atomic mass is 16.6. The molecule has 0 bridgehead atoms. The third kappa shape index (κ3) is 3.62. The Labute approximate surface area is 121 Å². The predicted molar refractivity (Wildman–Crippen MR) is 77.0 cm³/mol. The summed E-state index contributed by atoms with van der Waals surface area (Å²) in [5.74, 6) is -0.941. The second-order valence-electron chi connectivity index (χ2n) is 6.73. The second-order valence-corrected chi connectivity index (χ2v) is 6.73. The quantitative estimate of drug-likeness (QED) is 0.587. The Morgan fingerprint density at radius 2 is 1.50 bits per heavy atom. The van der Waals surface area contributed by atoms with E-state index in [4.69, 9.17) is 9.47 Å². The van der Waals surface area contributed by atoms with Crippen molar-refractivity contribution in [2.24, 2.45) is 17.3 Å². The minimum atomic E-state index is -0.484. The fraction of sp³-hybridized carbons (Fsp3) is 0.750. The van der Waals surface area contributed by atoms with Crippen LogP contribution in [0, 0.1) is 17.3 Å². The second kappa shape index (κ2) is 5.98. The lowest BCUT2D eigenvalue weighted by atomic mass is 9.89. The number of carbonyl (C=O) groups excluding carboxylic acids is 2. The lowest BCUT2D eigenvalue weighted by Crippen LogP contribution is -2.41. The number of esters is 2. The molecule has 0 aromatic rings. The molecule has 0 aromatic carbocycles. The van der Waals surface area contributed by atoms with E-state index in [0.29, 0.717) is 0 Å². The first kappa shape index (κ1) is 16.7. The Kier molecular flexibility index (Phi) is 5.00. The third-order valence-corrected chi connectivity index (χ3v) is 3.49. The summed E-state index contributed by atoms with van der Waals surface area (Å²) in [6, 6.07) is 0. The molecule has 0 radical (unpaired) electrons. The molecule has 4 nitrogen and oxygen atoms in total. The van der Waals surface area contributed by atoms with Crippen LogP contribution in [0.2, 0.25) is 0 Å². The van der Waals surface area contributed by atoms with E-state index in [0.717, 1.165) is 5.57 Å². The Balaban J connectivity index is 2.91. The van der Waals surface area contributed by atoms with Crippen molar-refractivity contribution in [1.29, 1.82) is 0 Å². The number of hydrogen-bond acceptors (Lipinski definition) is 4. The molecule has 0 aromatic heterocycles. The van der Waals surface area contributed by atoms with Crippen LogP contribution >= 0.6 is 0 Å². The highest BCUT2D eigenvalue weighted by Gasteiger charge is 2.46. The van der Waals surface area contributed by atoms with Gasteiger partial charge in [-0.05, 0) is 12.5 Å². The summed E-state index contributed by atoms with van der Waals surface area (Å²) in [7, 11) is 0. The summed E-state index contributed by atoms with van der Waals surface area (Å²) in [4.78, 5) is 23.7. The third-order valence-electron chi connectivity index (χ3n) is 3.49. The molecule has 0 amide bonds. The molecule has 1 aliphatic rings. The fourth-order valence-electron chi connectivity index (χ4n) is 2.27. The van der Waals surface area contributed by atoms with Gasteiger partial charge in [0.25, 0.3) is 0 Å². The van der Waals surface area contributed by atoms with E-state index in [1.54, 1.807) is 27.7 Å². The lowest BCUT2D eigenvalue weighted by Gasteiger charge is -2.31. The van der Waals surface area contributed by atoms with Crippen LogP contribution in [0.25, 0.3) is 0 Å². The maximum atomic E-state index is 11.9. The normalized spacial score (nSPS) is 24.8. The molecule has 0 aliphatic heterocycles. The highest BCUT2D eigenvalue weighted by molar-refractivity contribution is 5.73. The Bertz CT molecular complexity index is 418. The summed E-state index contributed by atoms with van der Waals surface area (Å²) in [6.45, 7) is 13.0. The maximum Gasteiger partial charge on any atom is 0.309 e. The highest BCUT2D eigenvalue weighted by Crippen LogP contribution is 2.40. The summed E-state index contributed by atoms with van der Waals surface area (Å²) in [6.07, 6.45) is 1.08. The zero-order chi connectivity index (χ0) is 15.7. The zero-order valence-electron chi connectivity index (χ0n) is 13.5. The van der Waals surface area contributed by atoms with Gasteiger partial charge in [-0.2, -0.15) is 0 Å². The SMILES string of the molecule is CC1=CC(C)(C)[C@@H](OC(=O)C(C)C)[C@H]1OC(=O)C(C)C. The smallest absolute Gasteiger partial charge is 0.309 e. The number of ether oxygens (including phenoxy) is 2. The molecule has 114 valence electrons. The van der Waals surface area contributed by atoms with Crippen molar-refractivity contribution in [3.8, 4) is 0 Å². The number of hydrogen-bond donors (Lipinski definition) is 0. The van der Waals surface area contributed by atoms with Crippen LogP contribution in [0.3, 0.4) is 0 Å². The van der Waals surface area contributed by atoms with Gasteiger partial charge >= 0.3 is 11.9 Å². The topological polar surface area (TPSA) is 52.6 Å². The molecule has 4 heteroatoms. The summed E-state index contributed by atoms with van der Waals surface area (Å²) in [5, 5.41) is 0. The molecule has 2 atom stereocenters. The first-order valence-electron chi connectivity index (χ1n) is 7.16. The number of rotatable bonds is 4. The van der Waals surface area contributed by atoms with E-state index in [9.17, 15) is 9.59 Å². The Hall–Kier alpha value is -1.32. The van der Waals surface area contributed by atoms with Crippen molar-refractivity contribution in [2.75, 3.05) is 0 Å². The van der Waals surface area contributed by atoms with Gasteiger partial charge < -0.3 is 9.47 Å². The van der Waals surface area contributed by atoms with E-state index < -0.39 is 12.2 Å². The van der Waals surface area contributed by atoms with E-state index in [1.807, 2.05) is 26.8 Å². The van der Waals surface area contributed by atoms with Crippen molar-refractivity contribution in [2.45, 2.75) is 60.7 Å². The molecular weight excluding hydrogens is 256 g/mol. The van der Waals surface area contributed by atoms with Gasteiger partial charge in [-0.3, -0.25) is 9.59 Å². The lowest BCUT2D eigenvalue weighted by molar-refractivity contribution is -0.173. The van der Waals surface area contributed by atoms with Crippen LogP contribution < -0.4 is 0 Å². The van der Waals surface area contributed by atoms with Crippen molar-refractivity contribution in [3.63, 3.8) is 0 Å². The molecular formula is C16H26O4. The van der Waals surface area contributed by atoms with Crippen LogP contribution in [0.5, 0.6) is 0 Å². The van der Waals surface area contributed by atoms with Crippen LogP contribution in [-0.4, -0.2) is 24.1 Å². The van der Waals surface area contributed by atoms with Gasteiger partial charge in [0, 0.05) is 5.41 Å². The van der Waals surface area contributed by atoms with Crippen LogP contribution in [0.4, 0.5) is 0 Å². The van der Waals surface area contributed by atoms with Gasteiger partial charge in [-0.25, -0.2) is 0 Å². The van der Waals surface area contributed by atoms with E-state index in [-0.39, 0.29) is 29.2 Å². The first-order chi connectivity index (χ1) is 9.06. The molecule has 1 aliphatic carbocycles. The van der Waals surface area contributed by atoms with Crippen molar-refractivity contribution < 1.29 is 19.1 Å². The summed E-state index contributed by atoms with van der Waals surface area (Å²) < 4.78 is 11.1. The van der Waals surface area contributed by atoms with Gasteiger partial charge in [0.15, 0.2) is 12.2 Å². The van der Waals surface area contributed by atoms with E-state index >= 15 is 0 Å². The van der Waals surface area contributed by atoms with Crippen molar-refractivity contribution in [1.82, 2.24) is 0 Å². The largest absolute Gasteiger partial charge is 0.457 e. The first-order valence-corrected chi connectivity index (χ1v) is 7.16. The molecule has 1 rings (SSSR count). The molecule has 0 heterocycles. The van der Waals surface area contributed by atoms with Crippen LogP contribution in [0.15, 0.2) is 11.6 Å². The summed E-state index contributed by atoms with van der Waals surface area (Å²) >= 11 is 0. The minimum absolute atomic E-state index is 0.201. The minimum Gasteiger partial charge on any atom is -0.457 e. The maximum absolute atomic E-state index is 11.9. The molecule has 20 heavy (non-hydrogen) atoms. The molecule has 0 N–H and O–H groups in total. The van der Waals surface area contributed by atoms with Gasteiger partial charge in [0.1, 0.15) is 0 Å². The summed E-state index contributed by atoms with van der Waals surface area (Å²) in [5.41, 5.74) is 0.599. The van der Waals surface area contributed by atoms with E-state index in [1.165, 1.54) is 0 Å². The standard InChI is InChI=1S/C16H26O4/c1-9(2)14(17)19-12-11(5)8-16(6,7)13(12)20-15(18)10(3)4/h8-10,12-13H,1-7H3/t12-,13-/m0/s1. The fourth-order valence-corrected chi connectivity index (χ4v) is 2.27. The van der Waals surface area contributed by atoms with Gasteiger partial charge in [-0.1, -0.05) is 47.6 Å². The Morgan fingerprint density at radius 1 is 1.05 bits per heavy atom. The average molecular weight is 282 g/mol. The monoisotopic (exact) mass is 282 g/mol. The van der Waals surface area contributed by atoms with Gasteiger partial charge in [-0.15, -0.1) is 0 Å². The van der Waals surface area contributed by atoms with Crippen LogP contribution in [0.1, 0.15) is 48.5 Å². The zero-order valence-corrected chi connectivity index (χ0v) is 13.5. The van der Waals surface area contributed by atoms with E-state index in [2.05, 4.69) is 0 Å².